The predicted octanol–water partition coefficient (Wildman–Crippen LogP) is 1.90. The number of aryl methyl sites for hydroxylation is 1. The van der Waals surface area contributed by atoms with Crippen molar-refractivity contribution in [3.8, 4) is 0 Å². The zero-order valence-corrected chi connectivity index (χ0v) is 9.14. The summed E-state index contributed by atoms with van der Waals surface area (Å²) in [6.07, 6.45) is 0. The van der Waals surface area contributed by atoms with Crippen molar-refractivity contribution in [2.45, 2.75) is 12.7 Å². The largest absolute Gasteiger partial charge is 0.333 e. The third kappa shape index (κ3) is 1.60. The Morgan fingerprint density at radius 3 is 3.06 bits per heavy atom. The van der Waals surface area contributed by atoms with E-state index < -0.39 is 0 Å². The lowest BCUT2D eigenvalue weighted by Gasteiger charge is -2.09. The molecule has 0 N–H and O–H groups in total. The van der Waals surface area contributed by atoms with E-state index in [-0.39, 0.29) is 0 Å². The highest BCUT2D eigenvalue weighted by atomic mass is 17.2. The van der Waals surface area contributed by atoms with Gasteiger partial charge in [0.05, 0.1) is 12.1 Å². The molecule has 4 heteroatoms. The Morgan fingerprint density at radius 1 is 1.31 bits per heavy atom. The van der Waals surface area contributed by atoms with Crippen LogP contribution in [0.2, 0.25) is 0 Å². The molecule has 1 atom stereocenters. The second-order valence-electron chi connectivity index (χ2n) is 4.13. The zero-order valence-electron chi connectivity index (χ0n) is 9.14. The fourth-order valence-corrected chi connectivity index (χ4v) is 2.12. The second kappa shape index (κ2) is 3.89. The maximum Gasteiger partial charge on any atom is 0.333 e. The molecule has 0 amide bonds. The summed E-state index contributed by atoms with van der Waals surface area (Å²) >= 11 is 0. The lowest BCUT2D eigenvalue weighted by molar-refractivity contribution is -0.183. The number of aromatic nitrogens is 1. The topological polar surface area (TPSA) is 31.4 Å². The van der Waals surface area contributed by atoms with Gasteiger partial charge in [-0.15, -0.1) is 0 Å². The van der Waals surface area contributed by atoms with Crippen LogP contribution in [0.15, 0.2) is 30.3 Å². The molecule has 16 heavy (non-hydrogen) atoms. The van der Waals surface area contributed by atoms with Gasteiger partial charge in [-0.1, -0.05) is 18.2 Å². The Morgan fingerprint density at radius 2 is 2.25 bits per heavy atom. The maximum absolute atomic E-state index is 4.96. The van der Waals surface area contributed by atoms with E-state index in [0.717, 1.165) is 11.2 Å². The molecule has 2 heterocycles. The highest BCUT2D eigenvalue weighted by molar-refractivity contribution is 6.31. The fourth-order valence-electron chi connectivity index (χ4n) is 2.12. The maximum atomic E-state index is 4.96. The van der Waals surface area contributed by atoms with Gasteiger partial charge in [0.25, 0.3) is 0 Å². The van der Waals surface area contributed by atoms with Crippen molar-refractivity contribution in [3.63, 3.8) is 0 Å². The van der Waals surface area contributed by atoms with Crippen molar-refractivity contribution in [3.05, 3.63) is 41.6 Å². The van der Waals surface area contributed by atoms with Crippen molar-refractivity contribution in [2.24, 2.45) is 0 Å². The summed E-state index contributed by atoms with van der Waals surface area (Å²) in [6.45, 7) is 2.64. The van der Waals surface area contributed by atoms with E-state index in [4.69, 9.17) is 9.69 Å². The number of hydrogen-bond donors (Lipinski definition) is 0. The van der Waals surface area contributed by atoms with E-state index in [0.29, 0.717) is 19.9 Å². The molecule has 80 valence electrons. The zero-order chi connectivity index (χ0) is 11.0. The first-order valence-corrected chi connectivity index (χ1v) is 5.45. The van der Waals surface area contributed by atoms with E-state index >= 15 is 0 Å². The molecular weight excluding hydrogens is 201 g/mol. The summed E-state index contributed by atoms with van der Waals surface area (Å²) in [5, 5.41) is 1.20. The van der Waals surface area contributed by atoms with Crippen LogP contribution < -0.4 is 0 Å². The molecule has 3 rings (SSSR count). The Bertz CT molecular complexity index is 523. The first-order chi connectivity index (χ1) is 7.84. The first-order valence-electron chi connectivity index (χ1n) is 5.45. The molecular formula is C12H12BNO2. The Labute approximate surface area is 94.6 Å². The van der Waals surface area contributed by atoms with Crippen LogP contribution >= 0.6 is 0 Å². The second-order valence-corrected chi connectivity index (χ2v) is 4.13. The summed E-state index contributed by atoms with van der Waals surface area (Å²) in [6, 6.07) is 10.4. The number of nitrogens with zero attached hydrogens (tertiary/aromatic N) is 1. The normalized spacial score (nSPS) is 19.9. The third-order valence-electron chi connectivity index (χ3n) is 2.97. The van der Waals surface area contributed by atoms with Gasteiger partial charge in [-0.25, -0.2) is 0 Å². The predicted molar refractivity (Wildman–Crippen MR) is 63.4 cm³/mol. The molecule has 1 aromatic carbocycles. The van der Waals surface area contributed by atoms with Crippen molar-refractivity contribution in [1.29, 1.82) is 0 Å². The minimum absolute atomic E-state index is 0.327. The average Bonchev–Trinajstić information content (AvgIpc) is 2.81. The first kappa shape index (κ1) is 9.81. The van der Waals surface area contributed by atoms with Crippen LogP contribution in [0.1, 0.15) is 17.1 Å². The Hall–Kier alpha value is -1.39. The number of rotatable bonds is 1. The van der Waals surface area contributed by atoms with Gasteiger partial charge in [0, 0.05) is 16.9 Å². The van der Waals surface area contributed by atoms with Crippen LogP contribution in [0.25, 0.3) is 10.9 Å². The van der Waals surface area contributed by atoms with E-state index in [1.54, 1.807) is 0 Å². The van der Waals surface area contributed by atoms with Crippen molar-refractivity contribution in [2.75, 3.05) is 6.61 Å². The van der Waals surface area contributed by atoms with Gasteiger partial charge in [-0.2, -0.15) is 0 Å². The van der Waals surface area contributed by atoms with Crippen molar-refractivity contribution < 1.29 is 9.69 Å². The molecule has 0 saturated carbocycles. The van der Waals surface area contributed by atoms with Gasteiger partial charge in [-0.05, 0) is 24.6 Å². The van der Waals surface area contributed by atoms with Gasteiger partial charge < -0.3 is 4.81 Å². The number of hydrogen-bond acceptors (Lipinski definition) is 3. The summed E-state index contributed by atoms with van der Waals surface area (Å²) in [7, 11) is 0.632. The molecule has 0 bridgehead atoms. The van der Waals surface area contributed by atoms with Gasteiger partial charge in [0.1, 0.15) is 0 Å². The van der Waals surface area contributed by atoms with Crippen LogP contribution in [-0.4, -0.2) is 19.1 Å². The Kier molecular flexibility index (Phi) is 2.38. The van der Waals surface area contributed by atoms with Gasteiger partial charge in [0.15, 0.2) is 0 Å². The smallest absolute Gasteiger partial charge is 0.309 e. The SMILES string of the molecule is Cc1ccc2c(C3BOOC3)cccc2n1. The van der Waals surface area contributed by atoms with Crippen LogP contribution in [-0.2, 0) is 9.69 Å². The summed E-state index contributed by atoms with van der Waals surface area (Å²) < 4.78 is 0. The number of fused-ring (bicyclic) bond motifs is 1. The number of pyridine rings is 1. The quantitative estimate of drug-likeness (QED) is 0.535. The number of benzene rings is 1. The van der Waals surface area contributed by atoms with Crippen molar-refractivity contribution in [1.82, 2.24) is 4.98 Å². The van der Waals surface area contributed by atoms with Crippen LogP contribution in [0.3, 0.4) is 0 Å². The van der Waals surface area contributed by atoms with Crippen LogP contribution in [0, 0.1) is 6.92 Å². The molecule has 1 unspecified atom stereocenters. The van der Waals surface area contributed by atoms with Gasteiger partial charge >= 0.3 is 7.48 Å². The minimum atomic E-state index is 0.327. The van der Waals surface area contributed by atoms with Crippen LogP contribution in [0.4, 0.5) is 0 Å². The molecule has 3 nitrogen and oxygen atoms in total. The van der Waals surface area contributed by atoms with Gasteiger partial charge in [0.2, 0.25) is 0 Å². The molecule has 1 saturated heterocycles. The van der Waals surface area contributed by atoms with E-state index in [1.807, 2.05) is 25.1 Å². The minimum Gasteiger partial charge on any atom is -0.309 e. The molecule has 1 aromatic heterocycles. The van der Waals surface area contributed by atoms with Gasteiger partial charge in [-0.3, -0.25) is 9.87 Å². The van der Waals surface area contributed by atoms with Crippen molar-refractivity contribution >= 4 is 18.4 Å². The fraction of sp³-hybridized carbons (Fsp3) is 0.250. The summed E-state index contributed by atoms with van der Waals surface area (Å²) in [5.41, 5.74) is 3.36. The van der Waals surface area contributed by atoms with E-state index in [1.165, 1.54) is 10.9 Å². The standard InChI is InChI=1S/C12H12BNO2/c1-8-5-6-10-9(11-7-15-16-13-11)3-2-4-12(10)14-8/h2-6,11,13H,7H2,1H3. The Balaban J connectivity index is 2.16. The van der Waals surface area contributed by atoms with E-state index in [9.17, 15) is 0 Å². The summed E-state index contributed by atoms with van der Waals surface area (Å²) in [4.78, 5) is 14.5. The molecule has 0 aliphatic carbocycles. The molecule has 2 aromatic rings. The highest BCUT2D eigenvalue weighted by Crippen LogP contribution is 2.27. The van der Waals surface area contributed by atoms with Crippen LogP contribution in [0.5, 0.6) is 0 Å². The molecule has 1 aliphatic rings. The lowest BCUT2D eigenvalue weighted by atomic mass is 9.75. The summed E-state index contributed by atoms with van der Waals surface area (Å²) in [5.74, 6) is 0.327. The molecule has 1 aliphatic heterocycles. The monoisotopic (exact) mass is 213 g/mol. The third-order valence-corrected chi connectivity index (χ3v) is 2.97. The highest BCUT2D eigenvalue weighted by Gasteiger charge is 2.23. The lowest BCUT2D eigenvalue weighted by Crippen LogP contribution is -2.05. The molecule has 0 radical (unpaired) electrons. The molecule has 1 fully saturated rings. The average molecular weight is 213 g/mol. The molecule has 0 spiro atoms. The van der Waals surface area contributed by atoms with E-state index in [2.05, 4.69) is 17.1 Å².